The van der Waals surface area contributed by atoms with Crippen LogP contribution >= 0.6 is 0 Å². The fourth-order valence-corrected chi connectivity index (χ4v) is 5.27. The van der Waals surface area contributed by atoms with Crippen molar-refractivity contribution in [2.45, 2.75) is 43.9 Å². The van der Waals surface area contributed by atoms with Crippen LogP contribution in [0.3, 0.4) is 0 Å². The molecule has 170 valence electrons. The number of aliphatic hydroxyl groups is 1. The minimum absolute atomic E-state index is 0.199. The molecule has 0 bridgehead atoms. The van der Waals surface area contributed by atoms with Crippen LogP contribution in [0.15, 0.2) is 42.5 Å². The topological polar surface area (TPSA) is 88.3 Å². The Bertz CT molecular complexity index is 981. The number of piperazine rings is 1. The van der Waals surface area contributed by atoms with E-state index in [1.807, 2.05) is 30.3 Å². The molecule has 8 nitrogen and oxygen atoms in total. The second kappa shape index (κ2) is 8.69. The molecule has 2 heterocycles. The molecule has 1 N–H and O–H groups in total. The monoisotopic (exact) mass is 439 g/mol. The molecule has 0 aromatic heterocycles. The maximum Gasteiger partial charge on any atom is 0.273 e. The van der Waals surface area contributed by atoms with Crippen molar-refractivity contribution in [3.8, 4) is 11.5 Å². The molecule has 3 aliphatic rings. The van der Waals surface area contributed by atoms with E-state index in [2.05, 4.69) is 9.80 Å². The van der Waals surface area contributed by atoms with Gasteiger partial charge in [0.25, 0.3) is 5.69 Å². The van der Waals surface area contributed by atoms with Crippen molar-refractivity contribution < 1.29 is 19.5 Å². The molecule has 0 unspecified atom stereocenters. The van der Waals surface area contributed by atoms with Gasteiger partial charge in [-0.25, -0.2) is 0 Å². The number of hydrogen-bond donors (Lipinski definition) is 1. The molecule has 2 aromatic rings. The summed E-state index contributed by atoms with van der Waals surface area (Å²) in [5, 5.41) is 22.6. The molecule has 0 amide bonds. The van der Waals surface area contributed by atoms with Crippen molar-refractivity contribution in [1.29, 1.82) is 0 Å². The van der Waals surface area contributed by atoms with E-state index < -0.39 is 5.60 Å². The predicted molar refractivity (Wildman–Crippen MR) is 119 cm³/mol. The third kappa shape index (κ3) is 4.18. The standard InChI is InChI=1S/C24H29N3O5/c28-24(19-5-6-22-23(15-19)32-17-31-22)9-7-20(8-10-24)26-13-11-25(12-14-26)16-18-3-1-2-4-21(18)27(29)30/h1-6,15,20,28H,7-14,16-17H2. The molecule has 1 saturated carbocycles. The summed E-state index contributed by atoms with van der Waals surface area (Å²) in [6.07, 6.45) is 3.37. The Morgan fingerprint density at radius 3 is 2.50 bits per heavy atom. The molecule has 2 aromatic carbocycles. The van der Waals surface area contributed by atoms with Crippen molar-refractivity contribution >= 4 is 5.69 Å². The average molecular weight is 440 g/mol. The van der Waals surface area contributed by atoms with Gasteiger partial charge in [-0.05, 0) is 43.4 Å². The number of hydrogen-bond acceptors (Lipinski definition) is 7. The molecule has 0 spiro atoms. The molecule has 1 aliphatic carbocycles. The van der Waals surface area contributed by atoms with Gasteiger partial charge in [0.15, 0.2) is 11.5 Å². The predicted octanol–water partition coefficient (Wildman–Crippen LogP) is 3.27. The third-order valence-corrected chi connectivity index (χ3v) is 7.20. The van der Waals surface area contributed by atoms with Crippen LogP contribution in [0, 0.1) is 10.1 Å². The Labute approximate surface area is 187 Å². The van der Waals surface area contributed by atoms with Crippen molar-refractivity contribution in [1.82, 2.24) is 9.80 Å². The zero-order valence-electron chi connectivity index (χ0n) is 18.1. The zero-order chi connectivity index (χ0) is 22.1. The van der Waals surface area contributed by atoms with Crippen LogP contribution in [0.5, 0.6) is 11.5 Å². The number of nitrogens with zero attached hydrogens (tertiary/aromatic N) is 3. The molecule has 0 radical (unpaired) electrons. The first-order valence-corrected chi connectivity index (χ1v) is 11.3. The number of nitro benzene ring substituents is 1. The van der Waals surface area contributed by atoms with Gasteiger partial charge in [0.05, 0.1) is 10.5 Å². The molecule has 2 fully saturated rings. The van der Waals surface area contributed by atoms with Gasteiger partial charge in [-0.15, -0.1) is 0 Å². The lowest BCUT2D eigenvalue weighted by Crippen LogP contribution is -2.51. The van der Waals surface area contributed by atoms with E-state index >= 15 is 0 Å². The molecule has 1 saturated heterocycles. The normalized spacial score (nSPS) is 26.2. The molecule has 2 aliphatic heterocycles. The average Bonchev–Trinajstić information content (AvgIpc) is 3.29. The van der Waals surface area contributed by atoms with Crippen LogP contribution in [0.2, 0.25) is 0 Å². The number of ether oxygens (including phenoxy) is 2. The number of fused-ring (bicyclic) bond motifs is 1. The minimum Gasteiger partial charge on any atom is -0.454 e. The molecule has 32 heavy (non-hydrogen) atoms. The van der Waals surface area contributed by atoms with Crippen LogP contribution in [-0.4, -0.2) is 58.8 Å². The summed E-state index contributed by atoms with van der Waals surface area (Å²) in [6, 6.07) is 13.2. The maximum atomic E-state index is 11.3. The number of para-hydroxylation sites is 1. The van der Waals surface area contributed by atoms with Gasteiger partial charge in [0, 0.05) is 50.4 Å². The highest BCUT2D eigenvalue weighted by molar-refractivity contribution is 5.46. The van der Waals surface area contributed by atoms with E-state index in [1.54, 1.807) is 12.1 Å². The van der Waals surface area contributed by atoms with Crippen molar-refractivity contribution in [2.75, 3.05) is 33.0 Å². The smallest absolute Gasteiger partial charge is 0.273 e. The summed E-state index contributed by atoms with van der Waals surface area (Å²) in [7, 11) is 0. The highest BCUT2D eigenvalue weighted by atomic mass is 16.7. The summed E-state index contributed by atoms with van der Waals surface area (Å²) >= 11 is 0. The van der Waals surface area contributed by atoms with Gasteiger partial charge < -0.3 is 14.6 Å². The van der Waals surface area contributed by atoms with Crippen molar-refractivity contribution in [3.63, 3.8) is 0 Å². The van der Waals surface area contributed by atoms with Crippen LogP contribution in [0.4, 0.5) is 5.69 Å². The summed E-state index contributed by atoms with van der Waals surface area (Å²) in [5.74, 6) is 1.46. The van der Waals surface area contributed by atoms with Crippen LogP contribution < -0.4 is 9.47 Å². The second-order valence-corrected chi connectivity index (χ2v) is 9.03. The minimum atomic E-state index is -0.814. The lowest BCUT2D eigenvalue weighted by molar-refractivity contribution is -0.385. The molecular formula is C24H29N3O5. The third-order valence-electron chi connectivity index (χ3n) is 7.20. The molecule has 8 heteroatoms. The van der Waals surface area contributed by atoms with Gasteiger partial charge in [-0.3, -0.25) is 19.9 Å². The number of benzene rings is 2. The quantitative estimate of drug-likeness (QED) is 0.565. The summed E-state index contributed by atoms with van der Waals surface area (Å²) in [4.78, 5) is 15.8. The number of rotatable bonds is 5. The van der Waals surface area contributed by atoms with Gasteiger partial charge in [-0.2, -0.15) is 0 Å². The fourth-order valence-electron chi connectivity index (χ4n) is 5.27. The van der Waals surface area contributed by atoms with E-state index in [9.17, 15) is 15.2 Å². The van der Waals surface area contributed by atoms with E-state index in [4.69, 9.17) is 9.47 Å². The summed E-state index contributed by atoms with van der Waals surface area (Å²) in [6.45, 7) is 4.55. The molecular weight excluding hydrogens is 410 g/mol. The Kier molecular flexibility index (Phi) is 5.75. The van der Waals surface area contributed by atoms with Crippen LogP contribution in [0.25, 0.3) is 0 Å². The summed E-state index contributed by atoms with van der Waals surface area (Å²) < 4.78 is 10.9. The van der Waals surface area contributed by atoms with Gasteiger partial charge in [-0.1, -0.05) is 24.3 Å². The van der Waals surface area contributed by atoms with E-state index in [0.717, 1.165) is 68.7 Å². The maximum absolute atomic E-state index is 11.3. The van der Waals surface area contributed by atoms with E-state index in [-0.39, 0.29) is 17.4 Å². The van der Waals surface area contributed by atoms with Gasteiger partial charge in [0.1, 0.15) is 0 Å². The van der Waals surface area contributed by atoms with Crippen molar-refractivity contribution in [2.24, 2.45) is 0 Å². The van der Waals surface area contributed by atoms with E-state index in [1.165, 1.54) is 0 Å². The fraction of sp³-hybridized carbons (Fsp3) is 0.500. The Balaban J connectivity index is 1.15. The second-order valence-electron chi connectivity index (χ2n) is 9.03. The first kappa shape index (κ1) is 21.2. The highest BCUT2D eigenvalue weighted by Crippen LogP contribution is 2.42. The van der Waals surface area contributed by atoms with Crippen LogP contribution in [-0.2, 0) is 12.1 Å². The lowest BCUT2D eigenvalue weighted by atomic mass is 9.77. The first-order valence-electron chi connectivity index (χ1n) is 11.3. The zero-order valence-corrected chi connectivity index (χ0v) is 18.1. The number of nitro groups is 1. The lowest BCUT2D eigenvalue weighted by Gasteiger charge is -2.44. The Morgan fingerprint density at radius 1 is 1.03 bits per heavy atom. The summed E-state index contributed by atoms with van der Waals surface area (Å²) in [5.41, 5.74) is 1.07. The van der Waals surface area contributed by atoms with Gasteiger partial charge in [0.2, 0.25) is 6.79 Å². The molecule has 5 rings (SSSR count). The van der Waals surface area contributed by atoms with E-state index in [0.29, 0.717) is 18.3 Å². The molecule has 0 atom stereocenters. The Hall–Kier alpha value is -2.68. The Morgan fingerprint density at radius 2 is 1.75 bits per heavy atom. The van der Waals surface area contributed by atoms with Crippen LogP contribution in [0.1, 0.15) is 36.8 Å². The van der Waals surface area contributed by atoms with Crippen molar-refractivity contribution in [3.05, 3.63) is 63.7 Å². The van der Waals surface area contributed by atoms with Gasteiger partial charge >= 0.3 is 0 Å². The highest BCUT2D eigenvalue weighted by Gasteiger charge is 2.38. The largest absolute Gasteiger partial charge is 0.454 e. The SMILES string of the molecule is O=[N+]([O-])c1ccccc1CN1CCN(C2CCC(O)(c3ccc4c(c3)OCO4)CC2)CC1. The first-order chi connectivity index (χ1) is 15.5.